The summed E-state index contributed by atoms with van der Waals surface area (Å²) in [5.74, 6) is -1.27. The summed E-state index contributed by atoms with van der Waals surface area (Å²) in [6.45, 7) is 4.31. The summed E-state index contributed by atoms with van der Waals surface area (Å²) >= 11 is 0. The third-order valence-electron chi connectivity index (χ3n) is 1.92. The molecule has 3 heteroatoms. The van der Waals surface area contributed by atoms with Gasteiger partial charge in [0.15, 0.2) is 0 Å². The van der Waals surface area contributed by atoms with Gasteiger partial charge in [-0.1, -0.05) is 33.1 Å². The van der Waals surface area contributed by atoms with Crippen LogP contribution < -0.4 is 0 Å². The highest BCUT2D eigenvalue weighted by Gasteiger charge is 2.09. The van der Waals surface area contributed by atoms with Crippen molar-refractivity contribution in [3.8, 4) is 0 Å². The number of hydrogen-bond donors (Lipinski definition) is 1. The average Bonchev–Trinajstić information content (AvgIpc) is 2.02. The third kappa shape index (κ3) is 7.50. The Bertz CT molecular complexity index is 173. The molecule has 0 bridgehead atoms. The van der Waals surface area contributed by atoms with Crippen LogP contribution in [0.5, 0.6) is 0 Å². The number of carbonyl (C=O) groups excluding carboxylic acids is 1. The zero-order valence-corrected chi connectivity index (χ0v) is 8.38. The van der Waals surface area contributed by atoms with E-state index in [1.165, 1.54) is 0 Å². The maximum atomic E-state index is 10.6. The van der Waals surface area contributed by atoms with Gasteiger partial charge >= 0.3 is 5.97 Å². The number of aliphatic carboxylic acids is 1. The fourth-order valence-electron chi connectivity index (χ4n) is 1.12. The molecule has 0 unspecified atom stereocenters. The van der Waals surface area contributed by atoms with Crippen molar-refractivity contribution in [2.75, 3.05) is 0 Å². The Morgan fingerprint density at radius 3 is 2.23 bits per heavy atom. The number of ketones is 1. The lowest BCUT2D eigenvalue weighted by atomic mass is 10.0. The molecule has 1 N–H and O–H groups in total. The lowest BCUT2D eigenvalue weighted by Gasteiger charge is -2.02. The molecule has 13 heavy (non-hydrogen) atoms. The Balaban J connectivity index is 3.26. The molecule has 76 valence electrons. The van der Waals surface area contributed by atoms with Crippen LogP contribution in [0.1, 0.15) is 46.0 Å². The Hall–Kier alpha value is -0.860. The van der Waals surface area contributed by atoms with E-state index >= 15 is 0 Å². The Labute approximate surface area is 79.1 Å². The fourth-order valence-corrected chi connectivity index (χ4v) is 1.12. The van der Waals surface area contributed by atoms with Crippen molar-refractivity contribution >= 4 is 11.8 Å². The van der Waals surface area contributed by atoms with Crippen LogP contribution in [0, 0.1) is 5.92 Å². The predicted octanol–water partition coefficient (Wildman–Crippen LogP) is 2.25. The molecule has 0 aliphatic heterocycles. The van der Waals surface area contributed by atoms with E-state index in [4.69, 9.17) is 5.11 Å². The van der Waals surface area contributed by atoms with Gasteiger partial charge in [0.05, 0.1) is 0 Å². The van der Waals surface area contributed by atoms with Gasteiger partial charge in [0.2, 0.25) is 5.78 Å². The molecular weight excluding hydrogens is 168 g/mol. The summed E-state index contributed by atoms with van der Waals surface area (Å²) in [5.41, 5.74) is 0. The van der Waals surface area contributed by atoms with Crippen molar-refractivity contribution < 1.29 is 14.7 Å². The molecular formula is C10H18O3. The minimum atomic E-state index is -1.30. The maximum Gasteiger partial charge on any atom is 0.372 e. The monoisotopic (exact) mass is 186 g/mol. The standard InChI is InChI=1S/C10H18O3/c1-8(2)6-4-3-5-7-9(11)10(12)13/h8H,3-7H2,1-2H3,(H,12,13). The van der Waals surface area contributed by atoms with E-state index in [1.54, 1.807) is 0 Å². The van der Waals surface area contributed by atoms with Crippen LogP contribution in [0.3, 0.4) is 0 Å². The fraction of sp³-hybridized carbons (Fsp3) is 0.800. The molecule has 0 aliphatic rings. The van der Waals surface area contributed by atoms with Gasteiger partial charge in [-0.25, -0.2) is 4.79 Å². The van der Waals surface area contributed by atoms with E-state index in [-0.39, 0.29) is 6.42 Å². The molecule has 0 aromatic rings. The SMILES string of the molecule is CC(C)CCCCCC(=O)C(=O)O. The van der Waals surface area contributed by atoms with Crippen LogP contribution in [0.25, 0.3) is 0 Å². The van der Waals surface area contributed by atoms with Crippen LogP contribution in [0.2, 0.25) is 0 Å². The first-order chi connectivity index (χ1) is 6.04. The average molecular weight is 186 g/mol. The van der Waals surface area contributed by atoms with Crippen LogP contribution in [-0.4, -0.2) is 16.9 Å². The van der Waals surface area contributed by atoms with Gasteiger partial charge in [0.1, 0.15) is 0 Å². The first kappa shape index (κ1) is 12.1. The topological polar surface area (TPSA) is 54.4 Å². The predicted molar refractivity (Wildman–Crippen MR) is 50.6 cm³/mol. The normalized spacial score (nSPS) is 10.4. The number of carbonyl (C=O) groups is 2. The zero-order valence-electron chi connectivity index (χ0n) is 8.38. The van der Waals surface area contributed by atoms with Crippen molar-refractivity contribution in [1.82, 2.24) is 0 Å². The molecule has 0 amide bonds. The summed E-state index contributed by atoms with van der Waals surface area (Å²) in [6.07, 6.45) is 4.09. The second-order valence-corrected chi connectivity index (χ2v) is 3.72. The summed E-state index contributed by atoms with van der Waals surface area (Å²) in [7, 11) is 0. The molecule has 0 radical (unpaired) electrons. The number of carboxylic acids is 1. The molecule has 0 heterocycles. The van der Waals surface area contributed by atoms with Crippen molar-refractivity contribution in [2.24, 2.45) is 5.92 Å². The molecule has 0 aliphatic carbocycles. The van der Waals surface area contributed by atoms with Crippen molar-refractivity contribution in [2.45, 2.75) is 46.0 Å². The Morgan fingerprint density at radius 2 is 1.77 bits per heavy atom. The number of unbranched alkanes of at least 4 members (excludes halogenated alkanes) is 2. The molecule has 3 nitrogen and oxygen atoms in total. The minimum Gasteiger partial charge on any atom is -0.476 e. The highest BCUT2D eigenvalue weighted by atomic mass is 16.4. The quantitative estimate of drug-likeness (QED) is 0.490. The van der Waals surface area contributed by atoms with Crippen LogP contribution >= 0.6 is 0 Å². The molecule has 0 aromatic heterocycles. The van der Waals surface area contributed by atoms with Crippen molar-refractivity contribution in [3.05, 3.63) is 0 Å². The Kier molecular flexibility index (Phi) is 6.20. The number of rotatable bonds is 7. The van der Waals surface area contributed by atoms with Gasteiger partial charge in [0.25, 0.3) is 0 Å². The highest BCUT2D eigenvalue weighted by Crippen LogP contribution is 2.09. The second kappa shape index (κ2) is 6.63. The van der Waals surface area contributed by atoms with Gasteiger partial charge in [-0.15, -0.1) is 0 Å². The van der Waals surface area contributed by atoms with E-state index in [2.05, 4.69) is 13.8 Å². The lowest BCUT2D eigenvalue weighted by Crippen LogP contribution is -2.11. The van der Waals surface area contributed by atoms with E-state index in [9.17, 15) is 9.59 Å². The Morgan fingerprint density at radius 1 is 1.15 bits per heavy atom. The van der Waals surface area contributed by atoms with Crippen molar-refractivity contribution in [1.29, 1.82) is 0 Å². The van der Waals surface area contributed by atoms with E-state index in [0.717, 1.165) is 19.3 Å². The zero-order chi connectivity index (χ0) is 10.3. The number of hydrogen-bond acceptors (Lipinski definition) is 2. The van der Waals surface area contributed by atoms with Gasteiger partial charge < -0.3 is 5.11 Å². The molecule has 0 rings (SSSR count). The van der Waals surface area contributed by atoms with Crippen molar-refractivity contribution in [3.63, 3.8) is 0 Å². The maximum absolute atomic E-state index is 10.6. The third-order valence-corrected chi connectivity index (χ3v) is 1.92. The molecule has 0 spiro atoms. The lowest BCUT2D eigenvalue weighted by molar-refractivity contribution is -0.149. The van der Waals surface area contributed by atoms with Gasteiger partial charge in [0, 0.05) is 6.42 Å². The van der Waals surface area contributed by atoms with Gasteiger partial charge in [-0.05, 0) is 12.3 Å². The molecule has 0 saturated heterocycles. The largest absolute Gasteiger partial charge is 0.476 e. The highest BCUT2D eigenvalue weighted by molar-refractivity contribution is 6.32. The molecule has 0 atom stereocenters. The number of carboxylic acid groups (broad SMARTS) is 1. The molecule has 0 aromatic carbocycles. The van der Waals surface area contributed by atoms with E-state index in [0.29, 0.717) is 12.3 Å². The summed E-state index contributed by atoms with van der Waals surface area (Å²) < 4.78 is 0. The summed E-state index contributed by atoms with van der Waals surface area (Å²) in [4.78, 5) is 20.8. The molecule has 0 fully saturated rings. The van der Waals surface area contributed by atoms with Crippen LogP contribution in [0.15, 0.2) is 0 Å². The smallest absolute Gasteiger partial charge is 0.372 e. The second-order valence-electron chi connectivity index (χ2n) is 3.72. The minimum absolute atomic E-state index is 0.188. The van der Waals surface area contributed by atoms with Gasteiger partial charge in [-0.3, -0.25) is 4.79 Å². The summed E-state index contributed by atoms with van der Waals surface area (Å²) in [6, 6.07) is 0. The molecule has 0 saturated carbocycles. The van der Waals surface area contributed by atoms with Crippen LogP contribution in [-0.2, 0) is 9.59 Å². The first-order valence-corrected chi connectivity index (χ1v) is 4.80. The van der Waals surface area contributed by atoms with Crippen LogP contribution in [0.4, 0.5) is 0 Å². The van der Waals surface area contributed by atoms with E-state index in [1.807, 2.05) is 0 Å². The van der Waals surface area contributed by atoms with Gasteiger partial charge in [-0.2, -0.15) is 0 Å². The first-order valence-electron chi connectivity index (χ1n) is 4.80. The van der Waals surface area contributed by atoms with E-state index < -0.39 is 11.8 Å². The summed E-state index contributed by atoms with van der Waals surface area (Å²) in [5, 5.41) is 8.28. The number of Topliss-reactive ketones (excluding diaryl/α,β-unsaturated/α-hetero) is 1.